The summed E-state index contributed by atoms with van der Waals surface area (Å²) in [7, 11) is -3.88. The molecule has 1 N–H and O–H groups in total. The Morgan fingerprint density at radius 1 is 0.870 bits per heavy atom. The molecule has 1 aromatic heterocycles. The van der Waals surface area contributed by atoms with Crippen LogP contribution in [0.3, 0.4) is 0 Å². The van der Waals surface area contributed by atoms with E-state index in [9.17, 15) is 18.3 Å². The first-order chi connectivity index (χ1) is 11.0. The number of hydrogen-bond acceptors (Lipinski definition) is 3. The number of aromatic carboxylic acids is 1. The maximum atomic E-state index is 12.8. The summed E-state index contributed by atoms with van der Waals surface area (Å²) in [5.41, 5.74) is 0.604. The van der Waals surface area contributed by atoms with Crippen LogP contribution >= 0.6 is 0 Å². The molecular formula is C17H13NO4S. The van der Waals surface area contributed by atoms with Crippen molar-refractivity contribution in [2.45, 2.75) is 4.90 Å². The number of hydrogen-bond donors (Lipinski definition) is 1. The molecule has 6 heteroatoms. The molecule has 0 amide bonds. The molecule has 0 fully saturated rings. The van der Waals surface area contributed by atoms with E-state index in [1.54, 1.807) is 48.5 Å². The number of rotatable bonds is 4. The Morgan fingerprint density at radius 3 is 2.00 bits per heavy atom. The van der Waals surface area contributed by atoms with Gasteiger partial charge in [0.2, 0.25) is 0 Å². The molecule has 0 aliphatic heterocycles. The van der Waals surface area contributed by atoms with Crippen molar-refractivity contribution in [1.82, 2.24) is 3.97 Å². The lowest BCUT2D eigenvalue weighted by Gasteiger charge is -2.11. The van der Waals surface area contributed by atoms with Crippen LogP contribution in [0.2, 0.25) is 0 Å². The van der Waals surface area contributed by atoms with Gasteiger partial charge in [0, 0.05) is 11.8 Å². The van der Waals surface area contributed by atoms with Crippen LogP contribution < -0.4 is 0 Å². The highest BCUT2D eigenvalue weighted by atomic mass is 32.2. The van der Waals surface area contributed by atoms with Gasteiger partial charge < -0.3 is 5.11 Å². The van der Waals surface area contributed by atoms with Gasteiger partial charge >= 0.3 is 5.97 Å². The smallest absolute Gasteiger partial charge is 0.337 e. The van der Waals surface area contributed by atoms with Crippen LogP contribution in [0.4, 0.5) is 0 Å². The standard InChI is InChI=1S/C17H13NO4S/c19-17(20)15-11-12-18(16(15)13-7-3-1-4-8-13)23(21,22)14-9-5-2-6-10-14/h1-12H,(H,19,20). The van der Waals surface area contributed by atoms with Gasteiger partial charge in [-0.3, -0.25) is 0 Å². The molecule has 0 bridgehead atoms. The normalized spacial score (nSPS) is 11.3. The minimum absolute atomic E-state index is 0.0595. The molecule has 0 aliphatic rings. The lowest BCUT2D eigenvalue weighted by molar-refractivity contribution is 0.0698. The second-order valence-corrected chi connectivity index (χ2v) is 6.68. The van der Waals surface area contributed by atoms with Crippen LogP contribution in [0.15, 0.2) is 77.8 Å². The third kappa shape index (κ3) is 2.64. The third-order valence-electron chi connectivity index (χ3n) is 3.43. The van der Waals surface area contributed by atoms with Crippen LogP contribution in [-0.2, 0) is 10.0 Å². The van der Waals surface area contributed by atoms with Gasteiger partial charge in [0.05, 0.1) is 16.2 Å². The quantitative estimate of drug-likeness (QED) is 0.799. The molecule has 116 valence electrons. The molecule has 0 saturated carbocycles. The van der Waals surface area contributed by atoms with E-state index >= 15 is 0 Å². The van der Waals surface area contributed by atoms with Gasteiger partial charge in [-0.15, -0.1) is 0 Å². The first-order valence-electron chi connectivity index (χ1n) is 6.82. The molecule has 0 unspecified atom stereocenters. The molecule has 0 spiro atoms. The maximum absolute atomic E-state index is 12.8. The van der Waals surface area contributed by atoms with Crippen molar-refractivity contribution >= 4 is 16.0 Å². The van der Waals surface area contributed by atoms with Crippen molar-refractivity contribution in [3.63, 3.8) is 0 Å². The topological polar surface area (TPSA) is 76.4 Å². The zero-order valence-electron chi connectivity index (χ0n) is 12.0. The molecule has 0 atom stereocenters. The van der Waals surface area contributed by atoms with Crippen LogP contribution in [0.5, 0.6) is 0 Å². The average Bonchev–Trinajstić information content (AvgIpc) is 3.02. The van der Waals surface area contributed by atoms with Crippen LogP contribution in [0.1, 0.15) is 10.4 Å². The minimum Gasteiger partial charge on any atom is -0.478 e. The largest absolute Gasteiger partial charge is 0.478 e. The Balaban J connectivity index is 2.28. The average molecular weight is 327 g/mol. The van der Waals surface area contributed by atoms with E-state index < -0.39 is 16.0 Å². The summed E-state index contributed by atoms with van der Waals surface area (Å²) in [6.45, 7) is 0. The van der Waals surface area contributed by atoms with Crippen LogP contribution in [0, 0.1) is 0 Å². The summed E-state index contributed by atoms with van der Waals surface area (Å²) < 4.78 is 26.7. The molecule has 0 radical (unpaired) electrons. The van der Waals surface area contributed by atoms with Crippen molar-refractivity contribution in [1.29, 1.82) is 0 Å². The van der Waals surface area contributed by atoms with Crippen molar-refractivity contribution in [2.24, 2.45) is 0 Å². The van der Waals surface area contributed by atoms with Crippen molar-refractivity contribution < 1.29 is 18.3 Å². The van der Waals surface area contributed by atoms with E-state index in [-0.39, 0.29) is 16.2 Å². The van der Waals surface area contributed by atoms with Gasteiger partial charge in [-0.1, -0.05) is 48.5 Å². The first-order valence-corrected chi connectivity index (χ1v) is 8.26. The van der Waals surface area contributed by atoms with Gasteiger partial charge in [-0.05, 0) is 18.2 Å². The lowest BCUT2D eigenvalue weighted by atomic mass is 10.1. The molecule has 1 heterocycles. The molecule has 0 aliphatic carbocycles. The zero-order chi connectivity index (χ0) is 16.4. The van der Waals surface area contributed by atoms with Crippen LogP contribution in [0.25, 0.3) is 11.3 Å². The summed E-state index contributed by atoms with van der Waals surface area (Å²) in [5.74, 6) is -1.18. The highest BCUT2D eigenvalue weighted by molar-refractivity contribution is 7.90. The van der Waals surface area contributed by atoms with E-state index in [4.69, 9.17) is 0 Å². The third-order valence-corrected chi connectivity index (χ3v) is 5.12. The van der Waals surface area contributed by atoms with Gasteiger partial charge in [-0.2, -0.15) is 0 Å². The lowest BCUT2D eigenvalue weighted by Crippen LogP contribution is -2.14. The second kappa shape index (κ2) is 5.73. The molecule has 3 rings (SSSR count). The molecule has 2 aromatic carbocycles. The molecule has 3 aromatic rings. The second-order valence-electron chi connectivity index (χ2n) is 4.86. The summed E-state index contributed by atoms with van der Waals surface area (Å²) >= 11 is 0. The monoisotopic (exact) mass is 327 g/mol. The van der Waals surface area contributed by atoms with E-state index in [2.05, 4.69) is 0 Å². The van der Waals surface area contributed by atoms with Crippen molar-refractivity contribution in [3.05, 3.63) is 78.5 Å². The molecule has 5 nitrogen and oxygen atoms in total. The number of nitrogens with zero attached hydrogens (tertiary/aromatic N) is 1. The van der Waals surface area contributed by atoms with Crippen LogP contribution in [-0.4, -0.2) is 23.5 Å². The van der Waals surface area contributed by atoms with Crippen molar-refractivity contribution in [2.75, 3.05) is 0 Å². The fraction of sp³-hybridized carbons (Fsp3) is 0. The molecular weight excluding hydrogens is 314 g/mol. The van der Waals surface area contributed by atoms with Gasteiger partial charge in [0.1, 0.15) is 0 Å². The number of benzene rings is 2. The Bertz CT molecular complexity index is 945. The van der Waals surface area contributed by atoms with Gasteiger partial charge in [0.25, 0.3) is 10.0 Å². The highest BCUT2D eigenvalue weighted by Gasteiger charge is 2.25. The summed E-state index contributed by atoms with van der Waals surface area (Å²) in [4.78, 5) is 11.6. The highest BCUT2D eigenvalue weighted by Crippen LogP contribution is 2.28. The number of carboxylic acids is 1. The Hall–Kier alpha value is -2.86. The van der Waals surface area contributed by atoms with Gasteiger partial charge in [0.15, 0.2) is 0 Å². The predicted molar refractivity (Wildman–Crippen MR) is 85.9 cm³/mol. The maximum Gasteiger partial charge on any atom is 0.337 e. The van der Waals surface area contributed by atoms with Crippen molar-refractivity contribution in [3.8, 4) is 11.3 Å². The van der Waals surface area contributed by atoms with E-state index in [0.29, 0.717) is 5.56 Å². The minimum atomic E-state index is -3.88. The zero-order valence-corrected chi connectivity index (χ0v) is 12.8. The van der Waals surface area contributed by atoms with E-state index in [1.165, 1.54) is 24.4 Å². The SMILES string of the molecule is O=C(O)c1ccn(S(=O)(=O)c2ccccc2)c1-c1ccccc1. The summed E-state index contributed by atoms with van der Waals surface area (Å²) in [5, 5.41) is 9.37. The fourth-order valence-corrected chi connectivity index (χ4v) is 3.77. The van der Waals surface area contributed by atoms with E-state index in [1.807, 2.05) is 0 Å². The Labute approximate surface area is 133 Å². The number of aromatic nitrogens is 1. The predicted octanol–water partition coefficient (Wildman–Crippen LogP) is 3.09. The fourth-order valence-electron chi connectivity index (χ4n) is 2.37. The number of carboxylic acid groups (broad SMARTS) is 1. The molecule has 23 heavy (non-hydrogen) atoms. The Morgan fingerprint density at radius 2 is 1.43 bits per heavy atom. The van der Waals surface area contributed by atoms with Gasteiger partial charge in [-0.25, -0.2) is 17.2 Å². The molecule has 0 saturated heterocycles. The Kier molecular flexibility index (Phi) is 3.75. The number of carbonyl (C=O) groups is 1. The summed E-state index contributed by atoms with van der Waals surface area (Å²) in [6.07, 6.45) is 1.27. The first kappa shape index (κ1) is 15.1. The van der Waals surface area contributed by atoms with E-state index in [0.717, 1.165) is 3.97 Å². The summed E-state index contributed by atoms with van der Waals surface area (Å²) in [6, 6.07) is 17.8.